The van der Waals surface area contributed by atoms with Crippen molar-refractivity contribution < 1.29 is 14.6 Å². The molecule has 1 aromatic carbocycles. The van der Waals surface area contributed by atoms with E-state index in [1.165, 1.54) is 12.7 Å². The Morgan fingerprint density at radius 3 is 3.00 bits per heavy atom. The van der Waals surface area contributed by atoms with E-state index < -0.39 is 6.10 Å². The number of para-hydroxylation sites is 1. The van der Waals surface area contributed by atoms with Gasteiger partial charge in [0.05, 0.1) is 24.2 Å². The third kappa shape index (κ3) is 1.63. The Balaban J connectivity index is 1.87. The van der Waals surface area contributed by atoms with Crippen LogP contribution in [0.3, 0.4) is 0 Å². The summed E-state index contributed by atoms with van der Waals surface area (Å²) in [5, 5.41) is 14.4. The Kier molecular flexibility index (Phi) is 3.01. The van der Waals surface area contributed by atoms with Crippen LogP contribution in [0.5, 0.6) is 0 Å². The topological polar surface area (TPSA) is 61.8 Å². The van der Waals surface area contributed by atoms with Crippen molar-refractivity contribution >= 4 is 11.7 Å². The molecule has 1 aliphatic carbocycles. The van der Waals surface area contributed by atoms with Gasteiger partial charge in [-0.25, -0.2) is 4.79 Å². The molecule has 2 bridgehead atoms. The molecule has 0 amide bonds. The number of hydrogen-bond donors (Lipinski definition) is 2. The van der Waals surface area contributed by atoms with Crippen molar-refractivity contribution in [1.29, 1.82) is 0 Å². The van der Waals surface area contributed by atoms with E-state index >= 15 is 0 Å². The average Bonchev–Trinajstić information content (AvgIpc) is 3.18. The second-order valence-electron chi connectivity index (χ2n) is 7.40. The van der Waals surface area contributed by atoms with E-state index in [2.05, 4.69) is 34.5 Å². The SMILES string of the molecule is CC=C1[C@H]2C(C(=O)OC)=C3Nc4ccccc4[C@]34CCN(C[C@@H]2O)[C@H]14. The minimum absolute atomic E-state index is 0.199. The van der Waals surface area contributed by atoms with Crippen molar-refractivity contribution in [2.24, 2.45) is 5.92 Å². The zero-order valence-corrected chi connectivity index (χ0v) is 14.5. The number of nitrogens with zero attached hydrogens (tertiary/aromatic N) is 1. The maximum absolute atomic E-state index is 12.8. The van der Waals surface area contributed by atoms with E-state index in [1.807, 2.05) is 13.0 Å². The van der Waals surface area contributed by atoms with Crippen molar-refractivity contribution in [2.45, 2.75) is 30.9 Å². The molecule has 5 nitrogen and oxygen atoms in total. The smallest absolute Gasteiger partial charge is 0.336 e. The molecule has 1 aromatic rings. The number of nitrogens with one attached hydrogen (secondary N) is 1. The van der Waals surface area contributed by atoms with Crippen molar-refractivity contribution in [1.82, 2.24) is 4.90 Å². The number of anilines is 1. The Morgan fingerprint density at radius 1 is 1.44 bits per heavy atom. The van der Waals surface area contributed by atoms with Gasteiger partial charge in [-0.2, -0.15) is 0 Å². The molecular formula is C20H22N2O3. The van der Waals surface area contributed by atoms with Crippen molar-refractivity contribution in [3.63, 3.8) is 0 Å². The molecule has 3 aliphatic heterocycles. The Labute approximate surface area is 147 Å². The van der Waals surface area contributed by atoms with Crippen molar-refractivity contribution in [3.05, 3.63) is 52.7 Å². The number of benzene rings is 1. The molecule has 0 saturated carbocycles. The van der Waals surface area contributed by atoms with Gasteiger partial charge in [0.15, 0.2) is 0 Å². The van der Waals surface area contributed by atoms with Crippen LogP contribution in [0.4, 0.5) is 5.69 Å². The Hall–Kier alpha value is -2.11. The third-order valence-electron chi connectivity index (χ3n) is 6.54. The molecule has 25 heavy (non-hydrogen) atoms. The summed E-state index contributed by atoms with van der Waals surface area (Å²) < 4.78 is 5.14. The van der Waals surface area contributed by atoms with E-state index in [0.717, 1.165) is 29.9 Å². The van der Waals surface area contributed by atoms with Crippen LogP contribution in [-0.4, -0.2) is 48.3 Å². The number of carbonyl (C=O) groups is 1. The second kappa shape index (κ2) is 4.96. The average molecular weight is 338 g/mol. The lowest BCUT2D eigenvalue weighted by Gasteiger charge is -2.51. The van der Waals surface area contributed by atoms with E-state index in [1.54, 1.807) is 0 Å². The van der Waals surface area contributed by atoms with Gasteiger partial charge in [0.25, 0.3) is 0 Å². The third-order valence-corrected chi connectivity index (χ3v) is 6.54. The summed E-state index contributed by atoms with van der Waals surface area (Å²) in [4.78, 5) is 15.2. The lowest BCUT2D eigenvalue weighted by atomic mass is 9.60. The number of hydrogen-bond acceptors (Lipinski definition) is 5. The first-order chi connectivity index (χ1) is 12.1. The first-order valence-electron chi connectivity index (χ1n) is 8.91. The zero-order chi connectivity index (χ0) is 17.3. The number of aliphatic hydroxyl groups is 1. The number of carbonyl (C=O) groups excluding carboxylic acids is 1. The molecule has 0 aromatic heterocycles. The number of ether oxygens (including phenoxy) is 1. The number of aliphatic hydroxyl groups excluding tert-OH is 1. The molecule has 3 heterocycles. The van der Waals surface area contributed by atoms with Crippen LogP contribution in [0.15, 0.2) is 47.2 Å². The second-order valence-corrected chi connectivity index (χ2v) is 7.40. The van der Waals surface area contributed by atoms with E-state index in [4.69, 9.17) is 4.74 Å². The fraction of sp³-hybridized carbons (Fsp3) is 0.450. The number of piperidine rings is 1. The highest BCUT2D eigenvalue weighted by Crippen LogP contribution is 2.62. The van der Waals surface area contributed by atoms with Gasteiger partial charge in [0.1, 0.15) is 0 Å². The van der Waals surface area contributed by atoms with E-state index in [0.29, 0.717) is 12.1 Å². The van der Waals surface area contributed by atoms with Gasteiger partial charge >= 0.3 is 5.97 Å². The molecule has 4 atom stereocenters. The first kappa shape index (κ1) is 15.2. The molecule has 2 N–H and O–H groups in total. The number of esters is 1. The van der Waals surface area contributed by atoms with Crippen LogP contribution < -0.4 is 5.32 Å². The molecule has 5 heteroatoms. The van der Waals surface area contributed by atoms with Crippen LogP contribution >= 0.6 is 0 Å². The maximum atomic E-state index is 12.8. The molecule has 0 radical (unpaired) electrons. The van der Waals surface area contributed by atoms with E-state index in [-0.39, 0.29) is 23.3 Å². The minimum atomic E-state index is -0.592. The fourth-order valence-electron chi connectivity index (χ4n) is 5.73. The van der Waals surface area contributed by atoms with E-state index in [9.17, 15) is 9.90 Å². The largest absolute Gasteiger partial charge is 0.466 e. The van der Waals surface area contributed by atoms with Gasteiger partial charge in [0.2, 0.25) is 0 Å². The fourth-order valence-corrected chi connectivity index (χ4v) is 5.73. The molecule has 4 aliphatic rings. The summed E-state index contributed by atoms with van der Waals surface area (Å²) in [6.07, 6.45) is 2.44. The highest BCUT2D eigenvalue weighted by Gasteiger charge is 2.64. The quantitative estimate of drug-likeness (QED) is 0.604. The maximum Gasteiger partial charge on any atom is 0.336 e. The van der Waals surface area contributed by atoms with Gasteiger partial charge in [0, 0.05) is 36.4 Å². The lowest BCUT2D eigenvalue weighted by molar-refractivity contribution is -0.137. The normalized spacial score (nSPS) is 36.9. The van der Waals surface area contributed by atoms with Crippen LogP contribution in [0, 0.1) is 5.92 Å². The number of rotatable bonds is 1. The van der Waals surface area contributed by atoms with Crippen molar-refractivity contribution in [3.8, 4) is 0 Å². The van der Waals surface area contributed by atoms with Gasteiger partial charge in [-0.15, -0.1) is 0 Å². The predicted octanol–water partition coefficient (Wildman–Crippen LogP) is 1.80. The molecule has 1 spiro atoms. The standard InChI is InChI=1S/C20H22N2O3/c1-3-11-15-14(23)10-22-9-8-20(18(11)22)12-6-4-5-7-13(12)21-17(20)16(15)19(24)25-2/h3-7,14-15,18,21,23H,8-10H2,1-2H3/t14-,15+,18+,20+/m0/s1. The number of fused-ring (bicyclic) bond motifs is 2. The summed E-state index contributed by atoms with van der Waals surface area (Å²) in [5.41, 5.74) is 4.79. The summed E-state index contributed by atoms with van der Waals surface area (Å²) in [5.74, 6) is -0.626. The summed E-state index contributed by atoms with van der Waals surface area (Å²) in [6, 6.07) is 8.53. The highest BCUT2D eigenvalue weighted by atomic mass is 16.5. The first-order valence-corrected chi connectivity index (χ1v) is 8.91. The van der Waals surface area contributed by atoms with Gasteiger partial charge in [-0.1, -0.05) is 24.3 Å². The van der Waals surface area contributed by atoms with Crippen LogP contribution in [0.2, 0.25) is 0 Å². The van der Waals surface area contributed by atoms with Crippen LogP contribution in [0.1, 0.15) is 18.9 Å². The Morgan fingerprint density at radius 2 is 2.24 bits per heavy atom. The molecule has 2 saturated heterocycles. The van der Waals surface area contributed by atoms with Gasteiger partial charge < -0.3 is 15.2 Å². The number of methoxy groups -OCH3 is 1. The van der Waals surface area contributed by atoms with Crippen molar-refractivity contribution in [2.75, 3.05) is 25.5 Å². The zero-order valence-electron chi connectivity index (χ0n) is 14.5. The summed E-state index contributed by atoms with van der Waals surface area (Å²) in [6.45, 7) is 3.53. The number of allylic oxidation sites excluding steroid dienone is 1. The Bertz CT molecular complexity index is 843. The van der Waals surface area contributed by atoms with Gasteiger partial charge in [-0.05, 0) is 30.5 Å². The predicted molar refractivity (Wildman–Crippen MR) is 94.0 cm³/mol. The molecule has 2 fully saturated rings. The summed E-state index contributed by atoms with van der Waals surface area (Å²) in [7, 11) is 1.42. The summed E-state index contributed by atoms with van der Waals surface area (Å²) >= 11 is 0. The lowest BCUT2D eigenvalue weighted by Crippen LogP contribution is -2.59. The molecule has 130 valence electrons. The molecular weight excluding hydrogens is 316 g/mol. The molecule has 5 rings (SSSR count). The van der Waals surface area contributed by atoms with Crippen LogP contribution in [0.25, 0.3) is 0 Å². The molecule has 0 unspecified atom stereocenters. The highest BCUT2D eigenvalue weighted by molar-refractivity contribution is 5.95. The van der Waals surface area contributed by atoms with Gasteiger partial charge in [-0.3, -0.25) is 4.90 Å². The van der Waals surface area contributed by atoms with Crippen LogP contribution in [-0.2, 0) is 14.9 Å². The monoisotopic (exact) mass is 338 g/mol. The minimum Gasteiger partial charge on any atom is -0.466 e.